The molecule has 2 rings (SSSR count). The number of alkyl halides is 3. The first-order valence-electron chi connectivity index (χ1n) is 5.46. The van der Waals surface area contributed by atoms with Crippen molar-refractivity contribution in [2.24, 2.45) is 0 Å². The first kappa shape index (κ1) is 12.2. The molecule has 0 heterocycles. The molecule has 0 spiro atoms. The van der Waals surface area contributed by atoms with E-state index in [4.69, 9.17) is 0 Å². The summed E-state index contributed by atoms with van der Waals surface area (Å²) in [5.74, 6) is 0.186. The molecule has 1 aliphatic rings. The summed E-state index contributed by atoms with van der Waals surface area (Å²) >= 11 is 0. The number of rotatable bonds is 2. The Hall–Kier alpha value is -1.23. The van der Waals surface area contributed by atoms with Crippen LogP contribution in [0.2, 0.25) is 0 Å². The van der Waals surface area contributed by atoms with Crippen molar-refractivity contribution in [2.75, 3.05) is 13.6 Å². The Kier molecular flexibility index (Phi) is 3.03. The van der Waals surface area contributed by atoms with Gasteiger partial charge < -0.3 is 5.11 Å². The molecule has 1 aromatic carbocycles. The predicted molar refractivity (Wildman–Crippen MR) is 57.9 cm³/mol. The molecular weight excluding hydrogens is 231 g/mol. The fourth-order valence-electron chi connectivity index (χ4n) is 2.46. The van der Waals surface area contributed by atoms with Gasteiger partial charge in [-0.1, -0.05) is 12.1 Å². The fraction of sp³-hybridized carbons (Fsp3) is 0.500. The molecule has 0 saturated heterocycles. The van der Waals surface area contributed by atoms with Gasteiger partial charge in [-0.15, -0.1) is 0 Å². The Morgan fingerprint density at radius 2 is 2.12 bits per heavy atom. The highest BCUT2D eigenvalue weighted by atomic mass is 19.4. The topological polar surface area (TPSA) is 23.5 Å². The van der Waals surface area contributed by atoms with Gasteiger partial charge in [0, 0.05) is 6.04 Å². The largest absolute Gasteiger partial charge is 0.508 e. The molecule has 1 aliphatic carbocycles. The van der Waals surface area contributed by atoms with Crippen LogP contribution in [-0.2, 0) is 6.42 Å². The van der Waals surface area contributed by atoms with Crippen molar-refractivity contribution in [1.82, 2.24) is 4.90 Å². The number of phenols is 1. The lowest BCUT2D eigenvalue weighted by atomic mass is 10.1. The average molecular weight is 245 g/mol. The molecule has 0 aliphatic heterocycles. The third-order valence-electron chi connectivity index (χ3n) is 3.18. The van der Waals surface area contributed by atoms with Crippen LogP contribution >= 0.6 is 0 Å². The van der Waals surface area contributed by atoms with E-state index in [2.05, 4.69) is 0 Å². The summed E-state index contributed by atoms with van der Waals surface area (Å²) in [4.78, 5) is 1.30. The maximum atomic E-state index is 12.3. The van der Waals surface area contributed by atoms with Crippen LogP contribution in [0.3, 0.4) is 0 Å². The van der Waals surface area contributed by atoms with Crippen LogP contribution in [0.25, 0.3) is 0 Å². The minimum atomic E-state index is -4.19. The van der Waals surface area contributed by atoms with Crippen LogP contribution in [0.1, 0.15) is 23.6 Å². The number of phenolic OH excluding ortho intramolecular Hbond substituents is 1. The summed E-state index contributed by atoms with van der Waals surface area (Å²) in [6.45, 7) is -0.924. The van der Waals surface area contributed by atoms with Crippen molar-refractivity contribution in [3.05, 3.63) is 29.3 Å². The number of aromatic hydroxyl groups is 1. The standard InChI is InChI=1S/C12H14F3NO/c1-16(7-12(13,14)15)10-6-5-9-8(10)3-2-4-11(9)17/h2-4,10,17H,5-7H2,1H3. The smallest absolute Gasteiger partial charge is 0.401 e. The van der Waals surface area contributed by atoms with E-state index in [1.165, 1.54) is 11.9 Å². The van der Waals surface area contributed by atoms with E-state index < -0.39 is 12.7 Å². The Labute approximate surface area is 97.7 Å². The monoisotopic (exact) mass is 245 g/mol. The van der Waals surface area contributed by atoms with E-state index in [1.807, 2.05) is 0 Å². The predicted octanol–water partition coefficient (Wildman–Crippen LogP) is 2.87. The molecule has 17 heavy (non-hydrogen) atoms. The number of hydrogen-bond acceptors (Lipinski definition) is 2. The molecule has 0 bridgehead atoms. The first-order chi connectivity index (χ1) is 7.88. The molecule has 1 aromatic rings. The van der Waals surface area contributed by atoms with Gasteiger partial charge in [-0.2, -0.15) is 13.2 Å². The van der Waals surface area contributed by atoms with E-state index in [0.29, 0.717) is 12.8 Å². The Morgan fingerprint density at radius 3 is 2.76 bits per heavy atom. The minimum absolute atomic E-state index is 0.186. The zero-order chi connectivity index (χ0) is 12.6. The number of benzene rings is 1. The van der Waals surface area contributed by atoms with Crippen molar-refractivity contribution >= 4 is 0 Å². The zero-order valence-electron chi connectivity index (χ0n) is 9.46. The van der Waals surface area contributed by atoms with Gasteiger partial charge in [0.25, 0.3) is 0 Å². The summed E-state index contributed by atoms with van der Waals surface area (Å²) in [6, 6.07) is 4.79. The van der Waals surface area contributed by atoms with Gasteiger partial charge in [0.15, 0.2) is 0 Å². The SMILES string of the molecule is CN(CC(F)(F)F)C1CCc2c(O)cccc21. The van der Waals surface area contributed by atoms with Crippen LogP contribution in [0, 0.1) is 0 Å². The van der Waals surface area contributed by atoms with Crippen LogP contribution < -0.4 is 0 Å². The van der Waals surface area contributed by atoms with Crippen LogP contribution in [0.4, 0.5) is 13.2 Å². The lowest BCUT2D eigenvalue weighted by molar-refractivity contribution is -0.147. The molecule has 5 heteroatoms. The van der Waals surface area contributed by atoms with Crippen molar-refractivity contribution in [3.63, 3.8) is 0 Å². The quantitative estimate of drug-likeness (QED) is 0.866. The second-order valence-electron chi connectivity index (χ2n) is 4.43. The fourth-order valence-corrected chi connectivity index (χ4v) is 2.46. The van der Waals surface area contributed by atoms with E-state index in [-0.39, 0.29) is 11.8 Å². The van der Waals surface area contributed by atoms with Gasteiger partial charge in [-0.25, -0.2) is 0 Å². The van der Waals surface area contributed by atoms with Gasteiger partial charge in [-0.3, -0.25) is 4.90 Å². The van der Waals surface area contributed by atoms with Gasteiger partial charge >= 0.3 is 6.18 Å². The Bertz CT molecular complexity index is 417. The second kappa shape index (κ2) is 4.22. The number of nitrogens with zero attached hydrogens (tertiary/aromatic N) is 1. The van der Waals surface area contributed by atoms with Gasteiger partial charge in [0.2, 0.25) is 0 Å². The number of hydrogen-bond donors (Lipinski definition) is 1. The van der Waals surface area contributed by atoms with Crippen molar-refractivity contribution < 1.29 is 18.3 Å². The normalized spacial score (nSPS) is 19.7. The molecule has 1 unspecified atom stereocenters. The lowest BCUT2D eigenvalue weighted by Gasteiger charge is -2.26. The molecule has 0 fully saturated rings. The summed E-state index contributed by atoms with van der Waals surface area (Å²) in [7, 11) is 1.47. The van der Waals surface area contributed by atoms with Crippen molar-refractivity contribution in [3.8, 4) is 5.75 Å². The maximum absolute atomic E-state index is 12.3. The van der Waals surface area contributed by atoms with Crippen molar-refractivity contribution in [2.45, 2.75) is 25.1 Å². The van der Waals surface area contributed by atoms with Gasteiger partial charge in [-0.05, 0) is 37.1 Å². The molecular formula is C12H14F3NO. The lowest BCUT2D eigenvalue weighted by Crippen LogP contribution is -2.33. The maximum Gasteiger partial charge on any atom is 0.401 e. The first-order valence-corrected chi connectivity index (χ1v) is 5.46. The average Bonchev–Trinajstić information content (AvgIpc) is 2.60. The highest BCUT2D eigenvalue weighted by Crippen LogP contribution is 2.39. The zero-order valence-corrected chi connectivity index (χ0v) is 9.46. The Morgan fingerprint density at radius 1 is 1.41 bits per heavy atom. The van der Waals surface area contributed by atoms with E-state index in [0.717, 1.165) is 11.1 Å². The summed E-state index contributed by atoms with van der Waals surface area (Å²) in [5.41, 5.74) is 1.60. The van der Waals surface area contributed by atoms with Gasteiger partial charge in [0.1, 0.15) is 5.75 Å². The summed E-state index contributed by atoms with van der Waals surface area (Å²) in [6.07, 6.45) is -2.93. The minimum Gasteiger partial charge on any atom is -0.508 e. The molecule has 0 aromatic heterocycles. The Balaban J connectivity index is 2.19. The molecule has 0 radical (unpaired) electrons. The molecule has 2 nitrogen and oxygen atoms in total. The third kappa shape index (κ3) is 2.54. The number of fused-ring (bicyclic) bond motifs is 1. The van der Waals surface area contributed by atoms with Crippen LogP contribution in [-0.4, -0.2) is 29.8 Å². The summed E-state index contributed by atoms with van der Waals surface area (Å²) in [5, 5.41) is 9.62. The molecule has 0 amide bonds. The molecule has 94 valence electrons. The van der Waals surface area contributed by atoms with E-state index in [9.17, 15) is 18.3 Å². The molecule has 1 N–H and O–H groups in total. The molecule has 0 saturated carbocycles. The van der Waals surface area contributed by atoms with Crippen LogP contribution in [0.15, 0.2) is 18.2 Å². The summed E-state index contributed by atoms with van der Waals surface area (Å²) < 4.78 is 37.0. The highest BCUT2D eigenvalue weighted by Gasteiger charge is 2.35. The van der Waals surface area contributed by atoms with Crippen LogP contribution in [0.5, 0.6) is 5.75 Å². The van der Waals surface area contributed by atoms with Gasteiger partial charge in [0.05, 0.1) is 6.54 Å². The van der Waals surface area contributed by atoms with Crippen molar-refractivity contribution in [1.29, 1.82) is 0 Å². The molecule has 1 atom stereocenters. The highest BCUT2D eigenvalue weighted by molar-refractivity contribution is 5.44. The van der Waals surface area contributed by atoms with E-state index >= 15 is 0 Å². The third-order valence-corrected chi connectivity index (χ3v) is 3.18. The van der Waals surface area contributed by atoms with E-state index in [1.54, 1.807) is 18.2 Å². The number of halogens is 3. The second-order valence-corrected chi connectivity index (χ2v) is 4.43.